The highest BCUT2D eigenvalue weighted by atomic mass is 19.4. The molecule has 7 heteroatoms. The van der Waals surface area contributed by atoms with Crippen LogP contribution in [0.15, 0.2) is 12.4 Å². The molecule has 1 aromatic rings. The fourth-order valence-corrected chi connectivity index (χ4v) is 0.767. The summed E-state index contributed by atoms with van der Waals surface area (Å²) in [5.41, 5.74) is 0.155. The van der Waals surface area contributed by atoms with Crippen LogP contribution in [-0.2, 0) is 6.61 Å². The van der Waals surface area contributed by atoms with Crippen molar-refractivity contribution in [2.24, 2.45) is 0 Å². The van der Waals surface area contributed by atoms with Crippen LogP contribution in [0.4, 0.5) is 13.2 Å². The van der Waals surface area contributed by atoms with Gasteiger partial charge in [0.05, 0.1) is 24.7 Å². The van der Waals surface area contributed by atoms with E-state index in [1.807, 2.05) is 0 Å². The summed E-state index contributed by atoms with van der Waals surface area (Å²) >= 11 is 0. The molecule has 1 aromatic heterocycles. The van der Waals surface area contributed by atoms with Gasteiger partial charge in [0, 0.05) is 0 Å². The van der Waals surface area contributed by atoms with E-state index in [2.05, 4.69) is 14.7 Å². The Morgan fingerprint density at radius 1 is 1.47 bits per heavy atom. The maximum atomic E-state index is 12.1. The number of aliphatic hydroxyl groups excluding tert-OH is 1. The normalized spacial score (nSPS) is 13.7. The summed E-state index contributed by atoms with van der Waals surface area (Å²) in [6.45, 7) is 0.470. The number of halogens is 3. The summed E-state index contributed by atoms with van der Waals surface area (Å²) in [6, 6.07) is 0. The van der Waals surface area contributed by atoms with E-state index in [0.29, 0.717) is 0 Å². The summed E-state index contributed by atoms with van der Waals surface area (Å²) in [5.74, 6) is -0.258. The van der Waals surface area contributed by atoms with Crippen LogP contribution in [-0.4, -0.2) is 27.4 Å². The minimum absolute atomic E-state index is 0.155. The third-order valence-corrected chi connectivity index (χ3v) is 1.58. The van der Waals surface area contributed by atoms with E-state index in [9.17, 15) is 13.2 Å². The zero-order valence-electron chi connectivity index (χ0n) is 7.82. The predicted molar refractivity (Wildman–Crippen MR) is 44.1 cm³/mol. The molecule has 1 rings (SSSR count). The summed E-state index contributed by atoms with van der Waals surface area (Å²) < 4.78 is 40.8. The van der Waals surface area contributed by atoms with Crippen LogP contribution in [0.1, 0.15) is 12.6 Å². The lowest BCUT2D eigenvalue weighted by molar-refractivity contribution is -0.190. The maximum Gasteiger partial charge on any atom is 0.425 e. The molecule has 1 atom stereocenters. The van der Waals surface area contributed by atoms with E-state index in [-0.39, 0.29) is 11.6 Å². The fraction of sp³-hybridized carbons (Fsp3) is 0.500. The SMILES string of the molecule is CC(Oc1cncc(CO)n1)C(F)(F)F. The second kappa shape index (κ2) is 4.43. The molecule has 1 unspecified atom stereocenters. The first kappa shape index (κ1) is 11.7. The van der Waals surface area contributed by atoms with Gasteiger partial charge in [0.25, 0.3) is 0 Å². The number of ether oxygens (including phenoxy) is 1. The standard InChI is InChI=1S/C8H9F3N2O2/c1-5(8(9,10)11)15-7-3-12-2-6(4-14)13-7/h2-3,5,14H,4H2,1H3. The van der Waals surface area contributed by atoms with Crippen molar-refractivity contribution in [2.75, 3.05) is 0 Å². The van der Waals surface area contributed by atoms with Gasteiger partial charge in [0.15, 0.2) is 6.10 Å². The van der Waals surface area contributed by atoms with Crippen molar-refractivity contribution >= 4 is 0 Å². The van der Waals surface area contributed by atoms with Gasteiger partial charge >= 0.3 is 6.18 Å². The number of aromatic nitrogens is 2. The van der Waals surface area contributed by atoms with E-state index < -0.39 is 18.9 Å². The van der Waals surface area contributed by atoms with Crippen LogP contribution in [0.3, 0.4) is 0 Å². The van der Waals surface area contributed by atoms with Gasteiger partial charge in [-0.05, 0) is 6.92 Å². The zero-order valence-corrected chi connectivity index (χ0v) is 7.82. The molecule has 0 saturated heterocycles. The maximum absolute atomic E-state index is 12.1. The van der Waals surface area contributed by atoms with Crippen molar-refractivity contribution in [3.05, 3.63) is 18.1 Å². The molecular weight excluding hydrogens is 213 g/mol. The monoisotopic (exact) mass is 222 g/mol. The van der Waals surface area contributed by atoms with Crippen LogP contribution in [0, 0.1) is 0 Å². The number of hydrogen-bond acceptors (Lipinski definition) is 4. The quantitative estimate of drug-likeness (QED) is 0.837. The van der Waals surface area contributed by atoms with Crippen molar-refractivity contribution < 1.29 is 23.0 Å². The Hall–Kier alpha value is -1.37. The van der Waals surface area contributed by atoms with Gasteiger partial charge in [-0.2, -0.15) is 13.2 Å². The van der Waals surface area contributed by atoms with E-state index >= 15 is 0 Å². The van der Waals surface area contributed by atoms with E-state index in [0.717, 1.165) is 13.1 Å². The lowest BCUT2D eigenvalue weighted by atomic mass is 10.4. The van der Waals surface area contributed by atoms with Crippen molar-refractivity contribution in [3.8, 4) is 5.88 Å². The molecule has 1 N–H and O–H groups in total. The molecule has 0 amide bonds. The second-order valence-electron chi connectivity index (χ2n) is 2.81. The Bertz CT molecular complexity index is 330. The largest absolute Gasteiger partial charge is 0.464 e. The molecule has 84 valence electrons. The molecule has 1 heterocycles. The summed E-state index contributed by atoms with van der Waals surface area (Å²) in [7, 11) is 0. The molecule has 15 heavy (non-hydrogen) atoms. The van der Waals surface area contributed by atoms with Gasteiger partial charge in [0.2, 0.25) is 5.88 Å². The highest BCUT2D eigenvalue weighted by Gasteiger charge is 2.38. The molecule has 0 aliphatic rings. The fourth-order valence-electron chi connectivity index (χ4n) is 0.767. The number of alkyl halides is 3. The number of aliphatic hydroxyl groups is 1. The smallest absolute Gasteiger partial charge is 0.425 e. The highest BCUT2D eigenvalue weighted by Crippen LogP contribution is 2.23. The van der Waals surface area contributed by atoms with Gasteiger partial charge in [0.1, 0.15) is 0 Å². The third-order valence-electron chi connectivity index (χ3n) is 1.58. The zero-order chi connectivity index (χ0) is 11.5. The first-order chi connectivity index (χ1) is 6.93. The van der Waals surface area contributed by atoms with Crippen molar-refractivity contribution in [1.29, 1.82) is 0 Å². The first-order valence-corrected chi connectivity index (χ1v) is 4.08. The summed E-state index contributed by atoms with van der Waals surface area (Å²) in [4.78, 5) is 7.19. The number of hydrogen-bond donors (Lipinski definition) is 1. The Balaban J connectivity index is 2.72. The second-order valence-corrected chi connectivity index (χ2v) is 2.81. The van der Waals surface area contributed by atoms with E-state index in [1.165, 1.54) is 6.20 Å². The molecule has 4 nitrogen and oxygen atoms in total. The van der Waals surface area contributed by atoms with Crippen molar-refractivity contribution in [3.63, 3.8) is 0 Å². The molecule has 0 bridgehead atoms. The lowest BCUT2D eigenvalue weighted by Crippen LogP contribution is -2.31. The molecule has 0 radical (unpaired) electrons. The summed E-state index contributed by atoms with van der Waals surface area (Å²) in [5, 5.41) is 8.68. The van der Waals surface area contributed by atoms with Crippen LogP contribution < -0.4 is 4.74 Å². The highest BCUT2D eigenvalue weighted by molar-refractivity contribution is 5.08. The van der Waals surface area contributed by atoms with Crippen molar-refractivity contribution in [1.82, 2.24) is 9.97 Å². The Labute approximate surface area is 83.7 Å². The predicted octanol–water partition coefficient (Wildman–Crippen LogP) is 1.30. The van der Waals surface area contributed by atoms with Gasteiger partial charge in [-0.1, -0.05) is 0 Å². The van der Waals surface area contributed by atoms with Gasteiger partial charge < -0.3 is 9.84 Å². The van der Waals surface area contributed by atoms with Crippen LogP contribution in [0.25, 0.3) is 0 Å². The molecule has 0 aromatic carbocycles. The Morgan fingerprint density at radius 2 is 2.13 bits per heavy atom. The topological polar surface area (TPSA) is 55.2 Å². The molecule has 0 aliphatic heterocycles. The van der Waals surface area contributed by atoms with Crippen molar-refractivity contribution in [2.45, 2.75) is 25.8 Å². The number of rotatable bonds is 3. The third kappa shape index (κ3) is 3.35. The van der Waals surface area contributed by atoms with Crippen LogP contribution in [0.2, 0.25) is 0 Å². The van der Waals surface area contributed by atoms with E-state index in [1.54, 1.807) is 0 Å². The molecular formula is C8H9F3N2O2. The Morgan fingerprint density at radius 3 is 2.67 bits per heavy atom. The minimum Gasteiger partial charge on any atom is -0.464 e. The van der Waals surface area contributed by atoms with Crippen LogP contribution >= 0.6 is 0 Å². The molecule has 0 saturated carbocycles. The molecule has 0 aliphatic carbocycles. The molecule has 0 spiro atoms. The first-order valence-electron chi connectivity index (χ1n) is 4.08. The van der Waals surface area contributed by atoms with Gasteiger partial charge in [-0.25, -0.2) is 4.98 Å². The van der Waals surface area contributed by atoms with Gasteiger partial charge in [-0.15, -0.1) is 0 Å². The minimum atomic E-state index is -4.45. The Kier molecular flexibility index (Phi) is 3.46. The van der Waals surface area contributed by atoms with Gasteiger partial charge in [-0.3, -0.25) is 4.98 Å². The van der Waals surface area contributed by atoms with Crippen LogP contribution in [0.5, 0.6) is 5.88 Å². The number of nitrogens with zero attached hydrogens (tertiary/aromatic N) is 2. The lowest BCUT2D eigenvalue weighted by Gasteiger charge is -2.16. The van der Waals surface area contributed by atoms with E-state index in [4.69, 9.17) is 5.11 Å². The molecule has 0 fully saturated rings. The average molecular weight is 222 g/mol. The summed E-state index contributed by atoms with van der Waals surface area (Å²) in [6.07, 6.45) is -4.11. The average Bonchev–Trinajstić information content (AvgIpc) is 2.16.